The van der Waals surface area contributed by atoms with Crippen LogP contribution in [0.5, 0.6) is 17.2 Å². The summed E-state index contributed by atoms with van der Waals surface area (Å²) in [5, 5.41) is 10.6. The van der Waals surface area contributed by atoms with Gasteiger partial charge in [0.2, 0.25) is 24.4 Å². The maximum absolute atomic E-state index is 14.0. The van der Waals surface area contributed by atoms with E-state index in [-0.39, 0.29) is 25.2 Å². The number of nitrogens with two attached hydrogens (primary N) is 1. The van der Waals surface area contributed by atoms with E-state index < -0.39 is 23.8 Å². The number of ether oxygens (including phenoxy) is 3. The molecule has 2 aliphatic rings. The molecule has 43 heavy (non-hydrogen) atoms. The van der Waals surface area contributed by atoms with Gasteiger partial charge in [0.05, 0.1) is 19.6 Å². The van der Waals surface area contributed by atoms with E-state index >= 15 is 0 Å². The number of likely N-dealkylation sites (tertiary alicyclic amines) is 1. The van der Waals surface area contributed by atoms with Crippen molar-refractivity contribution in [2.75, 3.05) is 51.5 Å². The van der Waals surface area contributed by atoms with Gasteiger partial charge in [0.1, 0.15) is 0 Å². The van der Waals surface area contributed by atoms with Gasteiger partial charge in [0.15, 0.2) is 11.5 Å². The van der Waals surface area contributed by atoms with E-state index in [1.54, 1.807) is 15.9 Å². The highest BCUT2D eigenvalue weighted by molar-refractivity contribution is 5.95. The zero-order valence-electron chi connectivity index (χ0n) is 25.6. The Morgan fingerprint density at radius 2 is 1.93 bits per heavy atom. The van der Waals surface area contributed by atoms with Crippen molar-refractivity contribution in [1.82, 2.24) is 9.80 Å². The monoisotopic (exact) mass is 596 g/mol. The Morgan fingerprint density at radius 1 is 1.14 bits per heavy atom. The van der Waals surface area contributed by atoms with Crippen LogP contribution in [-0.2, 0) is 20.9 Å². The van der Waals surface area contributed by atoms with Crippen LogP contribution in [0.25, 0.3) is 0 Å². The highest BCUT2D eigenvalue weighted by Gasteiger charge is 2.47. The number of methoxy groups -OCH3 is 1. The molecule has 0 aromatic heterocycles. The van der Waals surface area contributed by atoms with Crippen LogP contribution in [0, 0.1) is 5.92 Å². The Morgan fingerprint density at radius 3 is 2.58 bits per heavy atom. The fourth-order valence-electron chi connectivity index (χ4n) is 6.21. The molecular formula is C32H44N4O7. The molecule has 0 aliphatic carbocycles. The van der Waals surface area contributed by atoms with Crippen molar-refractivity contribution in [2.24, 2.45) is 11.7 Å². The lowest BCUT2D eigenvalue weighted by atomic mass is 9.84. The summed E-state index contributed by atoms with van der Waals surface area (Å²) >= 11 is 0. The molecule has 4 rings (SSSR count). The van der Waals surface area contributed by atoms with E-state index in [9.17, 15) is 19.5 Å². The van der Waals surface area contributed by atoms with Crippen LogP contribution in [0.4, 0.5) is 5.69 Å². The standard InChI is InChI=1S/C32H44N4O7/c1-5-7-12-36(24-10-8-9-22(14-24)17-33)29(38)19-35-18-25(23-15-27(41-4)31-28(16-23)42-20-43-31)30(32(39)40)26(35)11-13-34(6-2)21(3)37/h8-10,14-16,25-26,30H,5-7,11-13,17-20,33H2,1-4H3,(H,39,40). The largest absolute Gasteiger partial charge is 0.493 e. The molecular weight excluding hydrogens is 552 g/mol. The Balaban J connectivity index is 1.69. The number of carbonyl (C=O) groups excluding carboxylic acids is 2. The molecule has 2 aromatic carbocycles. The number of aliphatic carboxylic acids is 1. The molecule has 0 saturated carbocycles. The summed E-state index contributed by atoms with van der Waals surface area (Å²) in [6, 6.07) is 10.8. The summed E-state index contributed by atoms with van der Waals surface area (Å²) in [7, 11) is 1.53. The summed E-state index contributed by atoms with van der Waals surface area (Å²) in [5.74, 6) is -0.943. The molecule has 3 unspecified atom stereocenters. The van der Waals surface area contributed by atoms with Crippen molar-refractivity contribution in [2.45, 2.75) is 58.5 Å². The maximum Gasteiger partial charge on any atom is 0.308 e. The number of carboxylic acids is 1. The third kappa shape index (κ3) is 7.22. The third-order valence-electron chi connectivity index (χ3n) is 8.50. The summed E-state index contributed by atoms with van der Waals surface area (Å²) in [5.41, 5.74) is 8.33. The quantitative estimate of drug-likeness (QED) is 0.336. The summed E-state index contributed by atoms with van der Waals surface area (Å²) in [4.78, 5) is 44.6. The normalized spacial score (nSPS) is 19.3. The number of carboxylic acid groups (broad SMARTS) is 1. The fourth-order valence-corrected chi connectivity index (χ4v) is 6.21. The minimum absolute atomic E-state index is 0.0371. The second-order valence-electron chi connectivity index (χ2n) is 11.1. The number of rotatable bonds is 14. The van der Waals surface area contributed by atoms with Gasteiger partial charge >= 0.3 is 5.97 Å². The number of anilines is 1. The molecule has 0 spiro atoms. The number of carbonyl (C=O) groups is 3. The number of unbranched alkanes of at least 4 members (excludes halogenated alkanes) is 1. The molecule has 2 amide bonds. The van der Waals surface area contributed by atoms with Gasteiger partial charge < -0.3 is 34.9 Å². The summed E-state index contributed by atoms with van der Waals surface area (Å²) in [6.45, 7) is 7.73. The molecule has 2 aliphatic heterocycles. The van der Waals surface area contributed by atoms with Gasteiger partial charge in [0.25, 0.3) is 0 Å². The molecule has 11 heteroatoms. The molecule has 3 N–H and O–H groups in total. The van der Waals surface area contributed by atoms with Crippen LogP contribution in [0.15, 0.2) is 36.4 Å². The number of benzene rings is 2. The maximum atomic E-state index is 14.0. The van der Waals surface area contributed by atoms with Crippen molar-refractivity contribution >= 4 is 23.5 Å². The third-order valence-corrected chi connectivity index (χ3v) is 8.50. The van der Waals surface area contributed by atoms with Crippen LogP contribution in [0.3, 0.4) is 0 Å². The predicted molar refractivity (Wildman–Crippen MR) is 162 cm³/mol. The summed E-state index contributed by atoms with van der Waals surface area (Å²) in [6.07, 6.45) is 2.15. The van der Waals surface area contributed by atoms with E-state index in [0.29, 0.717) is 56.4 Å². The van der Waals surface area contributed by atoms with E-state index in [1.807, 2.05) is 42.2 Å². The molecule has 11 nitrogen and oxygen atoms in total. The fraction of sp³-hybridized carbons (Fsp3) is 0.531. The first kappa shape index (κ1) is 32.1. The van der Waals surface area contributed by atoms with Crippen LogP contribution in [0.1, 0.15) is 57.1 Å². The smallest absolute Gasteiger partial charge is 0.308 e. The summed E-state index contributed by atoms with van der Waals surface area (Å²) < 4.78 is 16.7. The minimum atomic E-state index is -0.953. The van der Waals surface area contributed by atoms with Crippen molar-refractivity contribution in [1.29, 1.82) is 0 Å². The van der Waals surface area contributed by atoms with Gasteiger partial charge in [-0.3, -0.25) is 19.3 Å². The van der Waals surface area contributed by atoms with E-state index in [0.717, 1.165) is 29.7 Å². The first-order valence-corrected chi connectivity index (χ1v) is 15.0. The lowest BCUT2D eigenvalue weighted by Crippen LogP contribution is -2.46. The number of amides is 2. The topological polar surface area (TPSA) is 135 Å². The SMILES string of the molecule is CCCCN(C(=O)CN1CC(c2cc(OC)c3c(c2)OCO3)C(C(=O)O)C1CCN(CC)C(C)=O)c1cccc(CN)c1. The molecule has 1 fully saturated rings. The van der Waals surface area contributed by atoms with Crippen molar-refractivity contribution < 1.29 is 33.7 Å². The van der Waals surface area contributed by atoms with Gasteiger partial charge in [-0.1, -0.05) is 25.5 Å². The first-order chi connectivity index (χ1) is 20.7. The predicted octanol–water partition coefficient (Wildman–Crippen LogP) is 3.44. The van der Waals surface area contributed by atoms with Gasteiger partial charge in [0, 0.05) is 57.3 Å². The van der Waals surface area contributed by atoms with Crippen LogP contribution >= 0.6 is 0 Å². The van der Waals surface area contributed by atoms with Crippen molar-refractivity contribution in [3.8, 4) is 17.2 Å². The van der Waals surface area contributed by atoms with Crippen LogP contribution in [-0.4, -0.2) is 85.4 Å². The lowest BCUT2D eigenvalue weighted by Gasteiger charge is -2.31. The Labute approximate surface area is 253 Å². The van der Waals surface area contributed by atoms with Gasteiger partial charge in [-0.15, -0.1) is 0 Å². The number of hydrogen-bond acceptors (Lipinski definition) is 8. The molecule has 2 aromatic rings. The van der Waals surface area contributed by atoms with Crippen molar-refractivity contribution in [3.05, 3.63) is 47.5 Å². The molecule has 234 valence electrons. The highest BCUT2D eigenvalue weighted by Crippen LogP contribution is 2.47. The molecule has 2 heterocycles. The lowest BCUT2D eigenvalue weighted by molar-refractivity contribution is -0.143. The Hall–Kier alpha value is -3.83. The van der Waals surface area contributed by atoms with E-state index in [2.05, 4.69) is 6.92 Å². The first-order valence-electron chi connectivity index (χ1n) is 15.0. The Kier molecular flexibility index (Phi) is 10.9. The molecule has 0 radical (unpaired) electrons. The zero-order valence-corrected chi connectivity index (χ0v) is 25.6. The average molecular weight is 597 g/mol. The molecule has 0 bridgehead atoms. The molecule has 1 saturated heterocycles. The van der Waals surface area contributed by atoms with Gasteiger partial charge in [-0.2, -0.15) is 0 Å². The number of fused-ring (bicyclic) bond motifs is 1. The van der Waals surface area contributed by atoms with Gasteiger partial charge in [-0.05, 0) is 55.2 Å². The Bertz CT molecular complexity index is 1300. The zero-order chi connectivity index (χ0) is 31.1. The van der Waals surface area contributed by atoms with E-state index in [1.165, 1.54) is 14.0 Å². The van der Waals surface area contributed by atoms with Crippen LogP contribution < -0.4 is 24.8 Å². The minimum Gasteiger partial charge on any atom is -0.493 e. The number of hydrogen-bond donors (Lipinski definition) is 2. The average Bonchev–Trinajstić information content (AvgIpc) is 3.62. The van der Waals surface area contributed by atoms with E-state index in [4.69, 9.17) is 19.9 Å². The van der Waals surface area contributed by atoms with Crippen LogP contribution in [0.2, 0.25) is 0 Å². The van der Waals surface area contributed by atoms with Crippen molar-refractivity contribution in [3.63, 3.8) is 0 Å². The number of nitrogens with zero attached hydrogens (tertiary/aromatic N) is 3. The second-order valence-corrected chi connectivity index (χ2v) is 11.1. The second kappa shape index (κ2) is 14.6. The molecule has 3 atom stereocenters. The van der Waals surface area contributed by atoms with Gasteiger partial charge in [-0.25, -0.2) is 0 Å². The highest BCUT2D eigenvalue weighted by atomic mass is 16.7.